The van der Waals surface area contributed by atoms with Gasteiger partial charge in [-0.25, -0.2) is 52.4 Å². The first-order valence-electron chi connectivity index (χ1n) is 22.6. The summed E-state index contributed by atoms with van der Waals surface area (Å²) in [6.45, 7) is 16.9. The first-order chi connectivity index (χ1) is 32.7. The van der Waals surface area contributed by atoms with E-state index in [1.165, 1.54) is 87.3 Å². The summed E-state index contributed by atoms with van der Waals surface area (Å²) in [5.41, 5.74) is 0.583. The first kappa shape index (κ1) is 48.8. The van der Waals surface area contributed by atoms with Crippen molar-refractivity contribution in [1.29, 1.82) is 0 Å². The number of likely N-dealkylation sites (tertiary alicyclic amines) is 1. The van der Waals surface area contributed by atoms with Gasteiger partial charge in [-0.15, -0.1) is 0 Å². The van der Waals surface area contributed by atoms with Gasteiger partial charge in [-0.3, -0.25) is 9.59 Å². The van der Waals surface area contributed by atoms with Crippen molar-refractivity contribution in [3.05, 3.63) is 130 Å². The van der Waals surface area contributed by atoms with E-state index in [1.54, 1.807) is 64.1 Å². The van der Waals surface area contributed by atoms with Crippen LogP contribution in [0.5, 0.6) is 0 Å². The SMILES string of the molecule is C=C(F)Cn1c(=O)c2cnc(Nc3ccc(N4CCC5(CCN(C)CC5)CC4)cc3)nc2n1-c1cccc(C(C)(C)O)n1.C=C(F)Cn1c(=O)c2cnc(SC)nc2n1-c1cccc(C(C)(C)O)n1. The van der Waals surface area contributed by atoms with E-state index in [-0.39, 0.29) is 35.5 Å². The maximum atomic E-state index is 14.0. The molecule has 2 aliphatic rings. The van der Waals surface area contributed by atoms with Crippen molar-refractivity contribution in [2.24, 2.45) is 5.41 Å². The number of hydrogen-bond acceptors (Lipinski definition) is 14. The summed E-state index contributed by atoms with van der Waals surface area (Å²) in [5.74, 6) is -0.431. The molecular formula is C49H57F2N13O4S. The number of rotatable bonds is 12. The molecule has 8 heterocycles. The molecular weight excluding hydrogens is 905 g/mol. The van der Waals surface area contributed by atoms with Crippen molar-refractivity contribution in [1.82, 2.24) is 53.5 Å². The monoisotopic (exact) mass is 961 g/mol. The van der Waals surface area contributed by atoms with E-state index in [4.69, 9.17) is 0 Å². The minimum absolute atomic E-state index is 0.213. The van der Waals surface area contributed by atoms with Gasteiger partial charge >= 0.3 is 0 Å². The van der Waals surface area contributed by atoms with Crippen molar-refractivity contribution in [3.63, 3.8) is 0 Å². The molecule has 1 spiro atoms. The molecule has 0 saturated carbocycles. The van der Waals surface area contributed by atoms with E-state index >= 15 is 0 Å². The summed E-state index contributed by atoms with van der Waals surface area (Å²) in [5, 5.41) is 24.9. The summed E-state index contributed by atoms with van der Waals surface area (Å²) in [7, 11) is 2.22. The van der Waals surface area contributed by atoms with Gasteiger partial charge in [0.05, 0.1) is 24.5 Å². The molecule has 20 heteroatoms. The zero-order chi connectivity index (χ0) is 49.4. The Balaban J connectivity index is 0.000000211. The number of pyridine rings is 2. The quantitative estimate of drug-likeness (QED) is 0.0827. The molecule has 6 aromatic heterocycles. The number of aromatic nitrogens is 10. The van der Waals surface area contributed by atoms with E-state index in [1.807, 2.05) is 18.4 Å². The summed E-state index contributed by atoms with van der Waals surface area (Å²) in [4.78, 5) is 57.4. The third-order valence-corrected chi connectivity index (χ3v) is 13.2. The van der Waals surface area contributed by atoms with Crippen molar-refractivity contribution in [3.8, 4) is 11.6 Å². The van der Waals surface area contributed by atoms with Gasteiger partial charge in [0.15, 0.2) is 28.1 Å². The molecule has 0 aliphatic carbocycles. The number of thioether (sulfide) groups is 1. The lowest BCUT2D eigenvalue weighted by molar-refractivity contribution is 0.0733. The highest BCUT2D eigenvalue weighted by molar-refractivity contribution is 7.98. The average molecular weight is 962 g/mol. The fourth-order valence-corrected chi connectivity index (χ4v) is 9.09. The van der Waals surface area contributed by atoms with Crippen molar-refractivity contribution in [2.45, 2.75) is 82.8 Å². The fraction of sp³-hybridized carbons (Fsp3) is 0.388. The third kappa shape index (κ3) is 10.5. The summed E-state index contributed by atoms with van der Waals surface area (Å²) >= 11 is 1.33. The first-order valence-corrected chi connectivity index (χ1v) is 23.8. The normalized spacial score (nSPS) is 15.4. The molecule has 0 atom stereocenters. The molecule has 2 aliphatic heterocycles. The molecule has 2 fully saturated rings. The number of halogens is 2. The second kappa shape index (κ2) is 19.4. The predicted octanol–water partition coefficient (Wildman–Crippen LogP) is 7.15. The Morgan fingerprint density at radius 2 is 1.19 bits per heavy atom. The van der Waals surface area contributed by atoms with E-state index in [2.05, 4.69) is 77.4 Å². The van der Waals surface area contributed by atoms with Crippen molar-refractivity contribution < 1.29 is 19.0 Å². The highest BCUT2D eigenvalue weighted by atomic mass is 32.2. The molecule has 3 N–H and O–H groups in total. The van der Waals surface area contributed by atoms with E-state index in [0.717, 1.165) is 18.8 Å². The van der Waals surface area contributed by atoms with E-state index in [0.29, 0.717) is 39.2 Å². The third-order valence-electron chi connectivity index (χ3n) is 12.7. The van der Waals surface area contributed by atoms with E-state index < -0.39 is 34.0 Å². The van der Waals surface area contributed by atoms with Gasteiger partial charge in [-0.2, -0.15) is 4.98 Å². The number of nitrogens with one attached hydrogen (secondary N) is 1. The lowest BCUT2D eigenvalue weighted by atomic mass is 9.71. The predicted molar refractivity (Wildman–Crippen MR) is 265 cm³/mol. The zero-order valence-corrected chi connectivity index (χ0v) is 40.5. The van der Waals surface area contributed by atoms with Crippen LogP contribution in [-0.4, -0.2) is 103 Å². The zero-order valence-electron chi connectivity index (χ0n) is 39.7. The maximum Gasteiger partial charge on any atom is 0.278 e. The number of allylic oxidation sites excluding steroid dienone is 2. The number of aliphatic hydroxyl groups is 2. The number of anilines is 3. The molecule has 0 bridgehead atoms. The Morgan fingerprint density at radius 3 is 1.67 bits per heavy atom. The largest absolute Gasteiger partial charge is 0.384 e. The fourth-order valence-electron chi connectivity index (χ4n) is 8.76. The number of benzene rings is 1. The molecule has 362 valence electrons. The van der Waals surface area contributed by atoms with Crippen LogP contribution < -0.4 is 21.3 Å². The van der Waals surface area contributed by atoms with Gasteiger partial charge in [0.25, 0.3) is 11.1 Å². The number of fused-ring (bicyclic) bond motifs is 2. The van der Waals surface area contributed by atoms with Crippen molar-refractivity contribution in [2.75, 3.05) is 49.7 Å². The summed E-state index contributed by atoms with van der Waals surface area (Å²) in [6.07, 6.45) is 9.73. The molecule has 2 saturated heterocycles. The highest BCUT2D eigenvalue weighted by Gasteiger charge is 2.37. The molecule has 17 nitrogen and oxygen atoms in total. The number of hydrogen-bond donors (Lipinski definition) is 3. The molecule has 7 aromatic rings. The summed E-state index contributed by atoms with van der Waals surface area (Å²) in [6, 6.07) is 18.3. The molecule has 0 unspecified atom stereocenters. The summed E-state index contributed by atoms with van der Waals surface area (Å²) < 4.78 is 32.8. The van der Waals surface area contributed by atoms with E-state index in [9.17, 15) is 28.6 Å². The maximum absolute atomic E-state index is 14.0. The van der Waals surface area contributed by atoms with Gasteiger partial charge in [0.1, 0.15) is 33.6 Å². The van der Waals surface area contributed by atoms with Crippen LogP contribution in [-0.2, 0) is 24.3 Å². The second-order valence-electron chi connectivity index (χ2n) is 18.8. The second-order valence-corrected chi connectivity index (χ2v) is 19.5. The Hall–Kier alpha value is -6.61. The molecule has 9 rings (SSSR count). The Morgan fingerprint density at radius 1 is 0.710 bits per heavy atom. The van der Waals surface area contributed by atoms with Crippen molar-refractivity contribution >= 4 is 51.2 Å². The van der Waals surface area contributed by atoms with Crippen LogP contribution in [0.2, 0.25) is 0 Å². The standard InChI is InChI=1S/C32H39FN8O2.C17H18FN5O2S/c1-22(33)21-40-29(42)25-20-34-30(37-28(25)41(40)27-7-5-6-26(36-27)31(2,3)43)35-23-8-10-24(11-9-23)39-18-14-32(15-19-39)12-16-38(4)17-13-32;1-10(18)9-22-15(24)11-8-19-16(26-4)21-14(11)23(22)13-7-5-6-12(20-13)17(2,3)25/h5-11,20,43H,1,12-19,21H2,2-4H3,(H,34,35,37);5-8,25H,1,9H2,2-4H3. The minimum atomic E-state index is -1.22. The van der Waals surface area contributed by atoms with Crippen LogP contribution in [0.4, 0.5) is 26.1 Å². The Kier molecular flexibility index (Phi) is 13.7. The van der Waals surface area contributed by atoms with Crippen LogP contribution in [0.25, 0.3) is 33.7 Å². The lowest BCUT2D eigenvalue weighted by Crippen LogP contribution is -2.46. The average Bonchev–Trinajstić information content (AvgIpc) is 3.74. The van der Waals surface area contributed by atoms with Gasteiger partial charge < -0.3 is 25.3 Å². The Labute approximate surface area is 401 Å². The van der Waals surface area contributed by atoms with Crippen LogP contribution in [0, 0.1) is 5.41 Å². The molecule has 69 heavy (non-hydrogen) atoms. The minimum Gasteiger partial charge on any atom is -0.384 e. The topological polar surface area (TPSA) is 190 Å². The highest BCUT2D eigenvalue weighted by Crippen LogP contribution is 2.42. The Bertz CT molecular complexity index is 3150. The van der Waals surface area contributed by atoms with Crippen LogP contribution in [0.3, 0.4) is 0 Å². The van der Waals surface area contributed by atoms with Gasteiger partial charge in [0, 0.05) is 36.9 Å². The van der Waals surface area contributed by atoms with Gasteiger partial charge in [0.2, 0.25) is 5.95 Å². The van der Waals surface area contributed by atoms with Gasteiger partial charge in [-0.05, 0) is 134 Å². The smallest absolute Gasteiger partial charge is 0.278 e. The molecule has 0 amide bonds. The molecule has 0 radical (unpaired) electrons. The molecule has 1 aromatic carbocycles. The van der Waals surface area contributed by atoms with Crippen LogP contribution in [0.1, 0.15) is 64.8 Å². The lowest BCUT2D eigenvalue weighted by Gasteiger charge is -2.46. The van der Waals surface area contributed by atoms with Crippen LogP contribution >= 0.6 is 11.8 Å². The number of nitrogens with zero attached hydrogens (tertiary/aromatic N) is 12. The number of piperidine rings is 2. The van der Waals surface area contributed by atoms with Crippen LogP contribution in [0.15, 0.2) is 113 Å². The van der Waals surface area contributed by atoms with Gasteiger partial charge in [-0.1, -0.05) is 37.1 Å².